The molecule has 0 amide bonds. The SMILES string of the molecule is O=P(OB1C2CCCC1CCC2)(OB1C2CCCC1CCC2)OB1C2CCCC1CCC2. The topological polar surface area (TPSA) is 44.8 Å². The zero-order chi connectivity index (χ0) is 21.5. The third-order valence-corrected chi connectivity index (χ3v) is 11.9. The second-order valence-electron chi connectivity index (χ2n) is 12.3. The molecule has 0 aromatic rings. The summed E-state index contributed by atoms with van der Waals surface area (Å²) in [7, 11) is -3.59. The maximum Gasteiger partial charge on any atom is 0.432 e. The molecule has 6 rings (SSSR count). The van der Waals surface area contributed by atoms with Crippen molar-refractivity contribution in [1.29, 1.82) is 0 Å². The van der Waals surface area contributed by atoms with Crippen molar-refractivity contribution in [2.75, 3.05) is 0 Å². The molecule has 32 heavy (non-hydrogen) atoms. The first-order chi connectivity index (χ1) is 15.7. The number of rotatable bonds is 6. The molecule has 0 radical (unpaired) electrons. The van der Waals surface area contributed by atoms with Crippen LogP contribution in [-0.4, -0.2) is 20.7 Å². The Morgan fingerprint density at radius 1 is 0.406 bits per heavy atom. The summed E-state index contributed by atoms with van der Waals surface area (Å²) >= 11 is 0. The summed E-state index contributed by atoms with van der Waals surface area (Å²) in [4.78, 5) is 0. The molecule has 6 saturated heterocycles. The number of phosphoric acid groups is 1. The minimum atomic E-state index is -3.59. The van der Waals surface area contributed by atoms with Gasteiger partial charge in [0.25, 0.3) is 0 Å². The van der Waals surface area contributed by atoms with E-state index in [9.17, 15) is 4.57 Å². The van der Waals surface area contributed by atoms with E-state index < -0.39 is 7.82 Å². The Balaban J connectivity index is 1.25. The third-order valence-electron chi connectivity index (χ3n) is 10.4. The van der Waals surface area contributed by atoms with Crippen LogP contribution in [0.3, 0.4) is 0 Å². The number of fused-ring (bicyclic) bond motifs is 6. The molecule has 0 aromatic heterocycles. The van der Waals surface area contributed by atoms with Gasteiger partial charge in [0.15, 0.2) is 0 Å². The Bertz CT molecular complexity index is 554. The Labute approximate surface area is 197 Å². The molecule has 6 heterocycles. The highest BCUT2D eigenvalue weighted by Crippen LogP contribution is 2.63. The van der Waals surface area contributed by atoms with Gasteiger partial charge in [-0.1, -0.05) is 116 Å². The molecule has 6 bridgehead atoms. The number of hydrogen-bond donors (Lipinski definition) is 0. The fourth-order valence-corrected chi connectivity index (χ4v) is 11.0. The van der Waals surface area contributed by atoms with Crippen molar-refractivity contribution in [3.8, 4) is 0 Å². The van der Waals surface area contributed by atoms with Crippen molar-refractivity contribution in [3.05, 3.63) is 0 Å². The maximum atomic E-state index is 14.6. The molecular formula is C24H42B3O4P. The van der Waals surface area contributed by atoms with E-state index in [1.807, 2.05) is 0 Å². The van der Waals surface area contributed by atoms with Crippen LogP contribution in [0.15, 0.2) is 0 Å². The minimum absolute atomic E-state index is 0.0928. The Hall–Kier alpha value is 0.305. The average Bonchev–Trinajstić information content (AvgIpc) is 2.73. The molecule has 0 aliphatic carbocycles. The molecule has 4 nitrogen and oxygen atoms in total. The van der Waals surface area contributed by atoms with Gasteiger partial charge in [0, 0.05) is 0 Å². The Kier molecular flexibility index (Phi) is 6.93. The molecule has 6 aliphatic heterocycles. The molecule has 176 valence electrons. The molecule has 0 atom stereocenters. The van der Waals surface area contributed by atoms with Crippen molar-refractivity contribution < 1.29 is 17.9 Å². The lowest BCUT2D eigenvalue weighted by Gasteiger charge is -2.45. The van der Waals surface area contributed by atoms with Gasteiger partial charge in [-0.05, 0) is 34.9 Å². The number of hydrogen-bond acceptors (Lipinski definition) is 4. The summed E-state index contributed by atoms with van der Waals surface area (Å²) in [5, 5.41) is 0. The molecule has 0 aromatic carbocycles. The molecule has 6 fully saturated rings. The van der Waals surface area contributed by atoms with Gasteiger partial charge in [0.2, 0.25) is 0 Å². The summed E-state index contributed by atoms with van der Waals surface area (Å²) in [5.41, 5.74) is 0. The molecule has 0 saturated carbocycles. The van der Waals surface area contributed by atoms with Gasteiger partial charge in [-0.15, -0.1) is 0 Å². The molecular weight excluding hydrogens is 416 g/mol. The van der Waals surface area contributed by atoms with E-state index in [1.165, 1.54) is 116 Å². The van der Waals surface area contributed by atoms with Crippen LogP contribution in [0.25, 0.3) is 0 Å². The Morgan fingerprint density at radius 2 is 0.594 bits per heavy atom. The highest BCUT2D eigenvalue weighted by molar-refractivity contribution is 7.52. The van der Waals surface area contributed by atoms with Crippen molar-refractivity contribution in [2.45, 2.75) is 150 Å². The second-order valence-corrected chi connectivity index (χ2v) is 13.8. The summed E-state index contributed by atoms with van der Waals surface area (Å²) < 4.78 is 34.7. The van der Waals surface area contributed by atoms with Gasteiger partial charge in [0.05, 0.1) is 0 Å². The van der Waals surface area contributed by atoms with Crippen molar-refractivity contribution in [3.63, 3.8) is 0 Å². The van der Waals surface area contributed by atoms with Gasteiger partial charge in [-0.2, -0.15) is 0 Å². The van der Waals surface area contributed by atoms with Crippen LogP contribution in [0.1, 0.15) is 116 Å². The standard InChI is InChI=1S/C24H42B3O4P/c28-32(29-25-19-7-1-8-20(25)10-2-9-19,30-26-21-11-3-12-22(26)14-4-13-21)31-27-23-15-5-16-24(27)18-6-17-23/h19-24H,1-18H2. The van der Waals surface area contributed by atoms with Gasteiger partial charge >= 0.3 is 28.6 Å². The zero-order valence-corrected chi connectivity index (χ0v) is 20.9. The van der Waals surface area contributed by atoms with E-state index in [1.54, 1.807) is 0 Å². The van der Waals surface area contributed by atoms with Crippen molar-refractivity contribution in [2.24, 2.45) is 0 Å². The van der Waals surface area contributed by atoms with E-state index in [0.29, 0.717) is 34.9 Å². The molecule has 8 heteroatoms. The van der Waals surface area contributed by atoms with E-state index >= 15 is 0 Å². The molecule has 6 aliphatic rings. The second kappa shape index (κ2) is 9.75. The lowest BCUT2D eigenvalue weighted by Crippen LogP contribution is -2.42. The lowest BCUT2D eigenvalue weighted by molar-refractivity contribution is 0.254. The van der Waals surface area contributed by atoms with Gasteiger partial charge in [-0.25, -0.2) is 4.57 Å². The first-order valence-electron chi connectivity index (χ1n) is 14.3. The van der Waals surface area contributed by atoms with E-state index in [2.05, 4.69) is 0 Å². The zero-order valence-electron chi connectivity index (χ0n) is 20.0. The summed E-state index contributed by atoms with van der Waals surface area (Å²) in [5.74, 6) is 3.33. The summed E-state index contributed by atoms with van der Waals surface area (Å²) in [6, 6.07) is 0. The highest BCUT2D eigenvalue weighted by atomic mass is 31.2. The largest absolute Gasteiger partial charge is 0.432 e. The van der Waals surface area contributed by atoms with Crippen molar-refractivity contribution in [1.82, 2.24) is 0 Å². The van der Waals surface area contributed by atoms with Crippen LogP contribution < -0.4 is 0 Å². The monoisotopic (exact) mass is 458 g/mol. The van der Waals surface area contributed by atoms with Crippen LogP contribution in [0.5, 0.6) is 0 Å². The van der Waals surface area contributed by atoms with Gasteiger partial charge < -0.3 is 13.3 Å². The van der Waals surface area contributed by atoms with Crippen LogP contribution >= 0.6 is 7.82 Å². The van der Waals surface area contributed by atoms with Crippen molar-refractivity contribution >= 4 is 28.6 Å². The fourth-order valence-electron chi connectivity index (χ4n) is 8.88. The van der Waals surface area contributed by atoms with E-state index in [4.69, 9.17) is 13.3 Å². The first kappa shape index (κ1) is 22.7. The van der Waals surface area contributed by atoms with E-state index in [0.717, 1.165) is 0 Å². The maximum absolute atomic E-state index is 14.6. The predicted octanol–water partition coefficient (Wildman–Crippen LogP) is 8.44. The summed E-state index contributed by atoms with van der Waals surface area (Å²) in [6.07, 6.45) is 22.6. The van der Waals surface area contributed by atoms with Crippen LogP contribution in [0, 0.1) is 0 Å². The normalized spacial score (nSPS) is 41.3. The quantitative estimate of drug-likeness (QED) is 0.296. The molecule has 0 spiro atoms. The highest BCUT2D eigenvalue weighted by Gasteiger charge is 2.53. The third kappa shape index (κ3) is 4.59. The fraction of sp³-hybridized carbons (Fsp3) is 1.00. The van der Waals surface area contributed by atoms with Crippen LogP contribution in [0.2, 0.25) is 34.9 Å². The Morgan fingerprint density at radius 3 is 0.781 bits per heavy atom. The smallest absolute Gasteiger partial charge is 0.350 e. The van der Waals surface area contributed by atoms with Crippen LogP contribution in [0.4, 0.5) is 0 Å². The average molecular weight is 458 g/mol. The minimum Gasteiger partial charge on any atom is -0.350 e. The van der Waals surface area contributed by atoms with Gasteiger partial charge in [0.1, 0.15) is 0 Å². The molecule has 0 N–H and O–H groups in total. The molecule has 0 unspecified atom stereocenters. The lowest BCUT2D eigenvalue weighted by atomic mass is 9.38. The first-order valence-corrected chi connectivity index (χ1v) is 15.8. The van der Waals surface area contributed by atoms with Gasteiger partial charge in [-0.3, -0.25) is 0 Å². The van der Waals surface area contributed by atoms with E-state index in [-0.39, 0.29) is 20.7 Å². The van der Waals surface area contributed by atoms with Crippen LogP contribution in [-0.2, 0) is 17.9 Å². The summed E-state index contributed by atoms with van der Waals surface area (Å²) in [6.45, 7) is 0.278. The predicted molar refractivity (Wildman–Crippen MR) is 134 cm³/mol.